The second kappa shape index (κ2) is 14.3. The standard InChI is InChI=1S/C36H36O16/c1-5-16-34(4)47-27(39)22(28(40)48-34)13-9-7-11-15-24-31(43)51-36(52-32(24)44)19-17-35(18-20-36)49-29(41)23(30(42)50-35)14-10-6-8-12-21-25(37)45-33(2,3)46-26(21)38/h6-15,39,41H,5,16-20H2,1-4H3. The predicted octanol–water partition coefficient (Wildman–Crippen LogP) is 4.17. The normalized spacial score (nSPS) is 27.5. The summed E-state index contributed by atoms with van der Waals surface area (Å²) in [6.07, 6.45) is 13.4. The third-order valence-electron chi connectivity index (χ3n) is 8.17. The van der Waals surface area contributed by atoms with Crippen LogP contribution in [0.1, 0.15) is 66.2 Å². The first-order chi connectivity index (χ1) is 24.5. The number of allylic oxidation sites excluding steroid dienone is 8. The van der Waals surface area contributed by atoms with E-state index < -0.39 is 76.4 Å². The molecule has 276 valence electrons. The van der Waals surface area contributed by atoms with Crippen molar-refractivity contribution in [3.63, 3.8) is 0 Å². The van der Waals surface area contributed by atoms with Crippen LogP contribution in [0.5, 0.6) is 0 Å². The lowest BCUT2D eigenvalue weighted by Crippen LogP contribution is -2.54. The van der Waals surface area contributed by atoms with Gasteiger partial charge >= 0.3 is 35.8 Å². The van der Waals surface area contributed by atoms with E-state index in [0.717, 1.165) is 6.08 Å². The fourth-order valence-corrected chi connectivity index (χ4v) is 5.66. The number of hydrogen-bond donors (Lipinski definition) is 2. The van der Waals surface area contributed by atoms with Crippen LogP contribution in [-0.2, 0) is 66.7 Å². The molecular weight excluding hydrogens is 688 g/mol. The Balaban J connectivity index is 1.15. The average molecular weight is 725 g/mol. The number of cyclic esters (lactones) is 3. The van der Waals surface area contributed by atoms with Crippen LogP contribution in [0.25, 0.3) is 0 Å². The molecule has 4 heterocycles. The van der Waals surface area contributed by atoms with Gasteiger partial charge in [-0.3, -0.25) is 0 Å². The minimum atomic E-state index is -1.65. The molecule has 1 saturated carbocycles. The molecular formula is C36H36O16. The Hall–Kier alpha value is -6.06. The number of rotatable bonds is 8. The summed E-state index contributed by atoms with van der Waals surface area (Å²) in [6, 6.07) is 0. The maximum absolute atomic E-state index is 12.8. The quantitative estimate of drug-likeness (QED) is 0.118. The van der Waals surface area contributed by atoms with Crippen molar-refractivity contribution < 1.29 is 76.9 Å². The molecule has 16 nitrogen and oxygen atoms in total. The van der Waals surface area contributed by atoms with Crippen LogP contribution < -0.4 is 0 Å². The van der Waals surface area contributed by atoms with E-state index in [9.17, 15) is 39.0 Å². The van der Waals surface area contributed by atoms with Gasteiger partial charge in [0.15, 0.2) is 0 Å². The summed E-state index contributed by atoms with van der Waals surface area (Å²) in [4.78, 5) is 74.8. The van der Waals surface area contributed by atoms with Crippen LogP contribution in [0.4, 0.5) is 0 Å². The Morgan fingerprint density at radius 1 is 0.519 bits per heavy atom. The van der Waals surface area contributed by atoms with E-state index in [4.69, 9.17) is 37.9 Å². The molecule has 0 bridgehead atoms. The minimum Gasteiger partial charge on any atom is -0.480 e. The molecule has 1 atom stereocenters. The minimum absolute atomic E-state index is 0.104. The number of ether oxygens (including phenoxy) is 8. The Morgan fingerprint density at radius 3 is 1.37 bits per heavy atom. The van der Waals surface area contributed by atoms with Crippen molar-refractivity contribution in [2.24, 2.45) is 0 Å². The van der Waals surface area contributed by atoms with Gasteiger partial charge in [-0.2, -0.15) is 0 Å². The second-order valence-electron chi connectivity index (χ2n) is 12.7. The van der Waals surface area contributed by atoms with Gasteiger partial charge in [0, 0.05) is 52.9 Å². The molecule has 16 heteroatoms. The summed E-state index contributed by atoms with van der Waals surface area (Å²) < 4.78 is 42.7. The second-order valence-corrected chi connectivity index (χ2v) is 12.7. The lowest BCUT2D eigenvalue weighted by Gasteiger charge is -2.46. The van der Waals surface area contributed by atoms with Gasteiger partial charge in [0.2, 0.25) is 0 Å². The summed E-state index contributed by atoms with van der Waals surface area (Å²) in [5, 5.41) is 20.7. The molecule has 5 aliphatic rings. The van der Waals surface area contributed by atoms with Crippen LogP contribution in [0.3, 0.4) is 0 Å². The molecule has 4 aliphatic heterocycles. The van der Waals surface area contributed by atoms with E-state index in [2.05, 4.69) is 0 Å². The van der Waals surface area contributed by atoms with Crippen molar-refractivity contribution in [1.29, 1.82) is 0 Å². The molecule has 0 radical (unpaired) electrons. The molecule has 0 aromatic carbocycles. The summed E-state index contributed by atoms with van der Waals surface area (Å²) in [7, 11) is 0. The van der Waals surface area contributed by atoms with Crippen molar-refractivity contribution in [2.45, 2.75) is 89.4 Å². The summed E-state index contributed by atoms with van der Waals surface area (Å²) in [6.45, 7) is 6.24. The van der Waals surface area contributed by atoms with Gasteiger partial charge in [0.25, 0.3) is 35.0 Å². The molecule has 1 unspecified atom stereocenters. The van der Waals surface area contributed by atoms with Crippen LogP contribution in [0.2, 0.25) is 0 Å². The zero-order valence-electron chi connectivity index (χ0n) is 28.6. The van der Waals surface area contributed by atoms with Gasteiger partial charge < -0.3 is 48.1 Å². The summed E-state index contributed by atoms with van der Waals surface area (Å²) in [5.74, 6) is -12.5. The van der Waals surface area contributed by atoms with E-state index in [-0.39, 0.29) is 42.4 Å². The molecule has 0 aromatic rings. The van der Waals surface area contributed by atoms with Crippen LogP contribution in [-0.4, -0.2) is 69.2 Å². The van der Waals surface area contributed by atoms with Gasteiger partial charge in [-0.15, -0.1) is 0 Å². The van der Waals surface area contributed by atoms with Crippen LogP contribution in [0, 0.1) is 0 Å². The van der Waals surface area contributed by atoms with Gasteiger partial charge in [-0.25, -0.2) is 28.8 Å². The lowest BCUT2D eigenvalue weighted by molar-refractivity contribution is -0.297. The van der Waals surface area contributed by atoms with Gasteiger partial charge in [0.1, 0.15) is 22.3 Å². The largest absolute Gasteiger partial charge is 0.480 e. The lowest BCUT2D eigenvalue weighted by atomic mass is 9.87. The molecule has 0 amide bonds. The van der Waals surface area contributed by atoms with Crippen molar-refractivity contribution in [2.75, 3.05) is 0 Å². The zero-order chi connectivity index (χ0) is 37.9. The summed E-state index contributed by atoms with van der Waals surface area (Å²) in [5.41, 5.74) is -1.26. The SMILES string of the molecule is CCCC1(C)OC(=O)C(C=CC=CC=C2C(=O)OC3(CCC4(CC3)OC(=O)C(C=CC=CC=C3C(=O)OC(C)(C)OC3=O)=C(O)O4)OC2=O)=C(O)O1. The zero-order valence-corrected chi connectivity index (χ0v) is 28.6. The first-order valence-electron chi connectivity index (χ1n) is 16.2. The molecule has 2 N–H and O–H groups in total. The maximum Gasteiger partial charge on any atom is 0.348 e. The van der Waals surface area contributed by atoms with E-state index in [1.54, 1.807) is 0 Å². The molecule has 3 fully saturated rings. The number of hydrogen-bond acceptors (Lipinski definition) is 16. The number of carbonyl (C=O) groups excluding carboxylic acids is 6. The van der Waals surface area contributed by atoms with E-state index in [0.29, 0.717) is 12.8 Å². The fourth-order valence-electron chi connectivity index (χ4n) is 5.66. The van der Waals surface area contributed by atoms with E-state index in [1.165, 1.54) is 75.5 Å². The predicted molar refractivity (Wildman–Crippen MR) is 172 cm³/mol. The highest BCUT2D eigenvalue weighted by Crippen LogP contribution is 2.46. The molecule has 2 saturated heterocycles. The number of esters is 6. The average Bonchev–Trinajstić information content (AvgIpc) is 3.02. The van der Waals surface area contributed by atoms with Crippen LogP contribution in [0.15, 0.2) is 94.9 Å². The first kappa shape index (κ1) is 37.2. The smallest absolute Gasteiger partial charge is 0.348 e. The maximum atomic E-state index is 12.8. The van der Waals surface area contributed by atoms with Crippen molar-refractivity contribution >= 4 is 35.8 Å². The molecule has 0 aromatic heterocycles. The van der Waals surface area contributed by atoms with Gasteiger partial charge in [-0.05, 0) is 30.7 Å². The highest BCUT2D eigenvalue weighted by atomic mass is 16.8. The summed E-state index contributed by atoms with van der Waals surface area (Å²) >= 11 is 0. The van der Waals surface area contributed by atoms with Crippen molar-refractivity contribution in [3.8, 4) is 0 Å². The van der Waals surface area contributed by atoms with Gasteiger partial charge in [-0.1, -0.05) is 43.4 Å². The first-order valence-corrected chi connectivity index (χ1v) is 16.2. The number of carbonyl (C=O) groups is 6. The monoisotopic (exact) mass is 724 g/mol. The van der Waals surface area contributed by atoms with Crippen molar-refractivity contribution in [3.05, 3.63) is 94.9 Å². The third-order valence-corrected chi connectivity index (χ3v) is 8.17. The highest BCUT2D eigenvalue weighted by Gasteiger charge is 2.56. The highest BCUT2D eigenvalue weighted by molar-refractivity contribution is 6.16. The Kier molecular flexibility index (Phi) is 10.2. The topological polar surface area (TPSA) is 217 Å². The van der Waals surface area contributed by atoms with Gasteiger partial charge in [0.05, 0.1) is 0 Å². The Morgan fingerprint density at radius 2 is 0.923 bits per heavy atom. The van der Waals surface area contributed by atoms with E-state index >= 15 is 0 Å². The molecule has 5 rings (SSSR count). The Bertz CT molecular complexity index is 1780. The number of aliphatic hydroxyl groups is 2. The fraction of sp³-hybridized carbons (Fsp3) is 0.389. The van der Waals surface area contributed by atoms with Crippen molar-refractivity contribution in [1.82, 2.24) is 0 Å². The number of aliphatic hydroxyl groups excluding tert-OH is 2. The molecule has 52 heavy (non-hydrogen) atoms. The molecule has 1 aliphatic carbocycles. The molecule has 2 spiro atoms. The van der Waals surface area contributed by atoms with E-state index in [1.807, 2.05) is 6.92 Å². The Labute approximate surface area is 296 Å². The van der Waals surface area contributed by atoms with Crippen LogP contribution >= 0.6 is 0 Å². The third kappa shape index (κ3) is 8.11.